The molecule has 1 fully saturated rings. The van der Waals surface area contributed by atoms with E-state index in [0.717, 1.165) is 6.42 Å². The third-order valence-electron chi connectivity index (χ3n) is 3.80. The van der Waals surface area contributed by atoms with Gasteiger partial charge in [-0.25, -0.2) is 0 Å². The molecule has 0 aromatic carbocycles. The van der Waals surface area contributed by atoms with Crippen LogP contribution < -0.4 is 10.6 Å². The Labute approximate surface area is 119 Å². The first-order chi connectivity index (χ1) is 9.40. The molecule has 6 nitrogen and oxygen atoms in total. The lowest BCUT2D eigenvalue weighted by molar-refractivity contribution is -0.137. The molecule has 114 valence electrons. The van der Waals surface area contributed by atoms with Gasteiger partial charge in [-0.3, -0.25) is 14.4 Å². The Morgan fingerprint density at radius 2 is 2.10 bits per heavy atom. The molecule has 6 heteroatoms. The van der Waals surface area contributed by atoms with Crippen LogP contribution in [0.25, 0.3) is 0 Å². The largest absolute Gasteiger partial charge is 0.481 e. The summed E-state index contributed by atoms with van der Waals surface area (Å²) < 4.78 is 0. The molecule has 1 unspecified atom stereocenters. The van der Waals surface area contributed by atoms with Gasteiger partial charge in [0.25, 0.3) is 0 Å². The maximum atomic E-state index is 11.8. The van der Waals surface area contributed by atoms with E-state index in [0.29, 0.717) is 31.7 Å². The van der Waals surface area contributed by atoms with Crippen LogP contribution >= 0.6 is 0 Å². The monoisotopic (exact) mass is 284 g/mol. The summed E-state index contributed by atoms with van der Waals surface area (Å²) in [7, 11) is 0. The molecule has 1 aliphatic heterocycles. The van der Waals surface area contributed by atoms with Crippen molar-refractivity contribution in [3.8, 4) is 0 Å². The second-order valence-electron chi connectivity index (χ2n) is 5.67. The molecular formula is C14H24N2O4. The van der Waals surface area contributed by atoms with E-state index < -0.39 is 12.0 Å². The highest BCUT2D eigenvalue weighted by Gasteiger charge is 2.27. The molecule has 0 spiro atoms. The number of nitrogens with one attached hydrogen (secondary N) is 2. The van der Waals surface area contributed by atoms with Gasteiger partial charge in [0.1, 0.15) is 6.04 Å². The normalized spacial score (nSPS) is 19.8. The summed E-state index contributed by atoms with van der Waals surface area (Å²) in [6.45, 7) is 4.64. The molecule has 2 atom stereocenters. The van der Waals surface area contributed by atoms with Crippen molar-refractivity contribution in [2.24, 2.45) is 11.8 Å². The average Bonchev–Trinajstić information content (AvgIpc) is 2.79. The molecule has 0 saturated carbocycles. The van der Waals surface area contributed by atoms with Crippen LogP contribution in [0.5, 0.6) is 0 Å². The molecular weight excluding hydrogens is 260 g/mol. The first-order valence-corrected chi connectivity index (χ1v) is 7.19. The Kier molecular flexibility index (Phi) is 6.48. The molecule has 1 saturated heterocycles. The summed E-state index contributed by atoms with van der Waals surface area (Å²) in [5.41, 5.74) is 0. The molecule has 0 aromatic rings. The van der Waals surface area contributed by atoms with Gasteiger partial charge in [0.05, 0.1) is 0 Å². The summed E-state index contributed by atoms with van der Waals surface area (Å²) in [4.78, 5) is 33.4. The molecule has 0 aromatic heterocycles. The quantitative estimate of drug-likeness (QED) is 0.617. The van der Waals surface area contributed by atoms with E-state index in [9.17, 15) is 14.4 Å². The molecule has 0 bridgehead atoms. The minimum atomic E-state index is -0.784. The van der Waals surface area contributed by atoms with Gasteiger partial charge in [-0.2, -0.15) is 0 Å². The zero-order chi connectivity index (χ0) is 15.1. The van der Waals surface area contributed by atoms with Crippen molar-refractivity contribution in [3.63, 3.8) is 0 Å². The fourth-order valence-corrected chi connectivity index (χ4v) is 2.43. The first-order valence-electron chi connectivity index (χ1n) is 7.19. The van der Waals surface area contributed by atoms with Gasteiger partial charge in [-0.15, -0.1) is 0 Å². The topological polar surface area (TPSA) is 95.5 Å². The van der Waals surface area contributed by atoms with E-state index in [1.165, 1.54) is 0 Å². The van der Waals surface area contributed by atoms with E-state index in [1.807, 2.05) is 0 Å². The van der Waals surface area contributed by atoms with Crippen molar-refractivity contribution in [3.05, 3.63) is 0 Å². The summed E-state index contributed by atoms with van der Waals surface area (Å²) in [5, 5.41) is 14.2. The Balaban J connectivity index is 2.27. The highest BCUT2D eigenvalue weighted by molar-refractivity contribution is 5.90. The summed E-state index contributed by atoms with van der Waals surface area (Å²) in [6, 6.07) is -0.404. The SMILES string of the molecule is CC(C)C(CCNC(=O)[C@@H]1CCC(=O)N1)CCC(=O)O. The van der Waals surface area contributed by atoms with Crippen LogP contribution in [-0.4, -0.2) is 35.5 Å². The number of amides is 2. The number of carbonyl (C=O) groups is 3. The molecule has 0 aliphatic carbocycles. The lowest BCUT2D eigenvalue weighted by Crippen LogP contribution is -2.42. The fourth-order valence-electron chi connectivity index (χ4n) is 2.43. The second-order valence-corrected chi connectivity index (χ2v) is 5.67. The number of carboxylic acids is 1. The van der Waals surface area contributed by atoms with Gasteiger partial charge in [-0.05, 0) is 31.1 Å². The number of hydrogen-bond acceptors (Lipinski definition) is 3. The van der Waals surface area contributed by atoms with Gasteiger partial charge >= 0.3 is 5.97 Å². The third-order valence-corrected chi connectivity index (χ3v) is 3.80. The van der Waals surface area contributed by atoms with E-state index in [4.69, 9.17) is 5.11 Å². The van der Waals surface area contributed by atoms with Crippen LogP contribution in [0.1, 0.15) is 46.0 Å². The Bertz CT molecular complexity index is 368. The summed E-state index contributed by atoms with van der Waals surface area (Å²) in [5.74, 6) is -0.335. The van der Waals surface area contributed by atoms with Crippen molar-refractivity contribution < 1.29 is 19.5 Å². The highest BCUT2D eigenvalue weighted by Crippen LogP contribution is 2.20. The summed E-state index contributed by atoms with van der Waals surface area (Å²) in [6.07, 6.45) is 2.51. The van der Waals surface area contributed by atoms with Crippen LogP contribution in [0.2, 0.25) is 0 Å². The van der Waals surface area contributed by atoms with Crippen molar-refractivity contribution >= 4 is 17.8 Å². The van der Waals surface area contributed by atoms with E-state index in [2.05, 4.69) is 24.5 Å². The van der Waals surface area contributed by atoms with E-state index >= 15 is 0 Å². The Morgan fingerprint density at radius 3 is 2.60 bits per heavy atom. The van der Waals surface area contributed by atoms with Crippen LogP contribution in [0.15, 0.2) is 0 Å². The number of carboxylic acid groups (broad SMARTS) is 1. The molecule has 1 rings (SSSR count). The maximum absolute atomic E-state index is 11.8. The predicted octanol–water partition coefficient (Wildman–Crippen LogP) is 0.908. The van der Waals surface area contributed by atoms with E-state index in [1.54, 1.807) is 0 Å². The van der Waals surface area contributed by atoms with Gasteiger partial charge in [0, 0.05) is 19.4 Å². The van der Waals surface area contributed by atoms with Gasteiger partial charge in [-0.1, -0.05) is 13.8 Å². The molecule has 0 radical (unpaired) electrons. The highest BCUT2D eigenvalue weighted by atomic mass is 16.4. The Hall–Kier alpha value is -1.59. The lowest BCUT2D eigenvalue weighted by Gasteiger charge is -2.20. The van der Waals surface area contributed by atoms with E-state index in [-0.39, 0.29) is 24.2 Å². The number of hydrogen-bond donors (Lipinski definition) is 3. The maximum Gasteiger partial charge on any atom is 0.303 e. The van der Waals surface area contributed by atoms with Gasteiger partial charge in [0.15, 0.2) is 0 Å². The van der Waals surface area contributed by atoms with Crippen LogP contribution in [0.3, 0.4) is 0 Å². The van der Waals surface area contributed by atoms with Crippen molar-refractivity contribution in [2.45, 2.75) is 52.0 Å². The predicted molar refractivity (Wildman–Crippen MR) is 74.0 cm³/mol. The lowest BCUT2D eigenvalue weighted by atomic mass is 9.88. The van der Waals surface area contributed by atoms with Crippen LogP contribution in [-0.2, 0) is 14.4 Å². The smallest absolute Gasteiger partial charge is 0.303 e. The number of rotatable bonds is 8. The zero-order valence-corrected chi connectivity index (χ0v) is 12.1. The molecule has 1 aliphatic rings. The fraction of sp³-hybridized carbons (Fsp3) is 0.786. The van der Waals surface area contributed by atoms with Crippen molar-refractivity contribution in [2.75, 3.05) is 6.54 Å². The van der Waals surface area contributed by atoms with Gasteiger partial charge in [0.2, 0.25) is 11.8 Å². The average molecular weight is 284 g/mol. The van der Waals surface area contributed by atoms with Crippen molar-refractivity contribution in [1.29, 1.82) is 0 Å². The van der Waals surface area contributed by atoms with Crippen LogP contribution in [0, 0.1) is 11.8 Å². The molecule has 1 heterocycles. The minimum absolute atomic E-state index is 0.0772. The summed E-state index contributed by atoms with van der Waals surface area (Å²) >= 11 is 0. The zero-order valence-electron chi connectivity index (χ0n) is 12.1. The number of carbonyl (C=O) groups excluding carboxylic acids is 2. The first kappa shape index (κ1) is 16.5. The Morgan fingerprint density at radius 1 is 1.40 bits per heavy atom. The minimum Gasteiger partial charge on any atom is -0.481 e. The van der Waals surface area contributed by atoms with Gasteiger partial charge < -0.3 is 15.7 Å². The number of aliphatic carboxylic acids is 1. The standard InChI is InChI=1S/C14H24N2O4/c1-9(2)10(3-6-13(18)19)7-8-15-14(20)11-4-5-12(17)16-11/h9-11H,3-8H2,1-2H3,(H,15,20)(H,16,17)(H,18,19)/t10?,11-/m0/s1. The van der Waals surface area contributed by atoms with Crippen molar-refractivity contribution in [1.82, 2.24) is 10.6 Å². The van der Waals surface area contributed by atoms with Crippen LogP contribution in [0.4, 0.5) is 0 Å². The third kappa shape index (κ3) is 5.59. The molecule has 3 N–H and O–H groups in total. The molecule has 20 heavy (non-hydrogen) atoms. The molecule has 2 amide bonds. The second kappa shape index (κ2) is 7.87.